The molecule has 1 atom stereocenters. The summed E-state index contributed by atoms with van der Waals surface area (Å²) in [4.78, 5) is 22.8. The molecular formula is C17H22Cl2N2O4. The maximum atomic E-state index is 11.9. The van der Waals surface area contributed by atoms with Crippen LogP contribution in [0.15, 0.2) is 18.2 Å². The van der Waals surface area contributed by atoms with Crippen molar-refractivity contribution in [2.24, 2.45) is 5.92 Å². The minimum atomic E-state index is -0.765. The van der Waals surface area contributed by atoms with Gasteiger partial charge in [-0.05, 0) is 49.8 Å². The number of carboxylic acid groups (broad SMARTS) is 1. The zero-order valence-electron chi connectivity index (χ0n) is 13.7. The first-order chi connectivity index (χ1) is 11.9. The predicted octanol–water partition coefficient (Wildman–Crippen LogP) is 3.36. The summed E-state index contributed by atoms with van der Waals surface area (Å²) < 4.78 is 0. The number of hydrogen-bond donors (Lipinski definition) is 4. The summed E-state index contributed by atoms with van der Waals surface area (Å²) in [5.41, 5.74) is 0.642. The van der Waals surface area contributed by atoms with Gasteiger partial charge in [-0.25, -0.2) is 4.79 Å². The Labute approximate surface area is 156 Å². The monoisotopic (exact) mass is 388 g/mol. The topological polar surface area (TPSA) is 98.7 Å². The first-order valence-electron chi connectivity index (χ1n) is 8.27. The summed E-state index contributed by atoms with van der Waals surface area (Å²) >= 11 is 11.8. The van der Waals surface area contributed by atoms with E-state index in [0.29, 0.717) is 54.3 Å². The predicted molar refractivity (Wildman–Crippen MR) is 96.0 cm³/mol. The van der Waals surface area contributed by atoms with Crippen LogP contribution in [0.5, 0.6) is 0 Å². The molecule has 1 aliphatic carbocycles. The second kappa shape index (κ2) is 9.27. The van der Waals surface area contributed by atoms with Gasteiger partial charge in [-0.15, -0.1) is 0 Å². The summed E-state index contributed by atoms with van der Waals surface area (Å²) in [6.07, 6.45) is 2.08. The number of carbonyl (C=O) groups excluding carboxylic acids is 1. The number of rotatable bonds is 6. The van der Waals surface area contributed by atoms with Gasteiger partial charge >= 0.3 is 12.0 Å². The lowest BCUT2D eigenvalue weighted by molar-refractivity contribution is -0.142. The van der Waals surface area contributed by atoms with Gasteiger partial charge in [0.25, 0.3) is 0 Å². The minimum absolute atomic E-state index is 0.00408. The molecule has 1 aliphatic rings. The summed E-state index contributed by atoms with van der Waals surface area (Å²) in [6, 6.07) is 4.61. The number of carboxylic acids is 1. The number of aliphatic hydroxyl groups excluding tert-OH is 1. The van der Waals surface area contributed by atoms with Gasteiger partial charge in [-0.2, -0.15) is 0 Å². The third-order valence-electron chi connectivity index (χ3n) is 4.44. The molecule has 0 aliphatic heterocycles. The molecule has 1 fully saturated rings. The van der Waals surface area contributed by atoms with Gasteiger partial charge in [0, 0.05) is 12.6 Å². The molecule has 4 N–H and O–H groups in total. The van der Waals surface area contributed by atoms with Crippen LogP contribution < -0.4 is 10.6 Å². The van der Waals surface area contributed by atoms with Crippen LogP contribution in [0, 0.1) is 5.92 Å². The summed E-state index contributed by atoms with van der Waals surface area (Å²) in [5, 5.41) is 25.4. The highest BCUT2D eigenvalue weighted by Crippen LogP contribution is 2.27. The van der Waals surface area contributed by atoms with Crippen molar-refractivity contribution in [3.05, 3.63) is 33.8 Å². The molecule has 1 aromatic rings. The van der Waals surface area contributed by atoms with E-state index >= 15 is 0 Å². The third-order valence-corrected chi connectivity index (χ3v) is 5.18. The van der Waals surface area contributed by atoms with Crippen LogP contribution >= 0.6 is 23.2 Å². The van der Waals surface area contributed by atoms with E-state index in [1.807, 2.05) is 0 Å². The fourth-order valence-corrected chi connectivity index (χ4v) is 3.24. The number of amides is 2. The highest BCUT2D eigenvalue weighted by atomic mass is 35.5. The third kappa shape index (κ3) is 6.06. The van der Waals surface area contributed by atoms with Crippen molar-refractivity contribution in [2.75, 3.05) is 6.54 Å². The van der Waals surface area contributed by atoms with Gasteiger partial charge in [-0.3, -0.25) is 4.79 Å². The first kappa shape index (κ1) is 19.8. The van der Waals surface area contributed by atoms with Crippen molar-refractivity contribution in [2.45, 2.75) is 44.2 Å². The molecule has 1 aromatic carbocycles. The molecule has 8 heteroatoms. The number of hydrogen-bond acceptors (Lipinski definition) is 3. The molecule has 138 valence electrons. The van der Waals surface area contributed by atoms with E-state index in [1.54, 1.807) is 18.2 Å². The number of carbonyl (C=O) groups is 2. The Morgan fingerprint density at radius 3 is 2.44 bits per heavy atom. The largest absolute Gasteiger partial charge is 0.481 e. The van der Waals surface area contributed by atoms with Gasteiger partial charge in [0.1, 0.15) is 0 Å². The fourth-order valence-electron chi connectivity index (χ4n) is 2.93. The van der Waals surface area contributed by atoms with Crippen molar-refractivity contribution in [3.8, 4) is 0 Å². The lowest BCUT2D eigenvalue weighted by atomic mass is 9.86. The van der Waals surface area contributed by atoms with Gasteiger partial charge in [0.2, 0.25) is 0 Å². The van der Waals surface area contributed by atoms with E-state index in [4.69, 9.17) is 28.3 Å². The maximum absolute atomic E-state index is 11.9. The van der Waals surface area contributed by atoms with Crippen molar-refractivity contribution < 1.29 is 19.8 Å². The molecule has 0 radical (unpaired) electrons. The maximum Gasteiger partial charge on any atom is 0.315 e. The zero-order chi connectivity index (χ0) is 18.4. The lowest BCUT2D eigenvalue weighted by Crippen LogP contribution is -2.44. The number of nitrogens with one attached hydrogen (secondary N) is 2. The number of urea groups is 1. The average molecular weight is 389 g/mol. The van der Waals surface area contributed by atoms with Crippen molar-refractivity contribution >= 4 is 35.2 Å². The Kier molecular flexibility index (Phi) is 7.35. The highest BCUT2D eigenvalue weighted by molar-refractivity contribution is 6.42. The number of benzene rings is 1. The van der Waals surface area contributed by atoms with E-state index in [9.17, 15) is 14.7 Å². The molecule has 0 saturated heterocycles. The van der Waals surface area contributed by atoms with Crippen LogP contribution in [0.3, 0.4) is 0 Å². The van der Waals surface area contributed by atoms with Crippen molar-refractivity contribution in [1.82, 2.24) is 10.6 Å². The molecule has 6 nitrogen and oxygen atoms in total. The Bertz CT molecular complexity index is 619. The first-order valence-corrected chi connectivity index (χ1v) is 9.02. The highest BCUT2D eigenvalue weighted by Gasteiger charge is 2.26. The van der Waals surface area contributed by atoms with Gasteiger partial charge in [0.15, 0.2) is 0 Å². The Balaban J connectivity index is 1.68. The molecule has 0 bridgehead atoms. The van der Waals surface area contributed by atoms with Crippen molar-refractivity contribution in [3.63, 3.8) is 0 Å². The van der Waals surface area contributed by atoms with E-state index in [1.165, 1.54) is 0 Å². The molecule has 0 spiro atoms. The molecule has 2 rings (SSSR count). The summed E-state index contributed by atoms with van der Waals surface area (Å²) in [5.74, 6) is -1.07. The molecular weight excluding hydrogens is 367 g/mol. The van der Waals surface area contributed by atoms with Gasteiger partial charge in [0.05, 0.1) is 22.1 Å². The average Bonchev–Trinajstić information content (AvgIpc) is 2.57. The van der Waals surface area contributed by atoms with Gasteiger partial charge in [-0.1, -0.05) is 29.3 Å². The van der Waals surface area contributed by atoms with Crippen LogP contribution in [0.1, 0.15) is 43.8 Å². The SMILES string of the molecule is O=C(NCCC(O)c1ccc(Cl)c(Cl)c1)NC1CCC(C(=O)O)CC1. The van der Waals surface area contributed by atoms with Crippen molar-refractivity contribution in [1.29, 1.82) is 0 Å². The second-order valence-electron chi connectivity index (χ2n) is 6.27. The Hall–Kier alpha value is -1.50. The standard InChI is InChI=1S/C17H22Cl2N2O4/c18-13-6-3-11(9-14(13)19)15(22)7-8-20-17(25)21-12-4-1-10(2-5-12)16(23)24/h3,6,9-10,12,15,22H,1-2,4-5,7-8H2,(H,23,24)(H2,20,21,25). The van der Waals surface area contributed by atoms with Crippen LogP contribution in [0.4, 0.5) is 4.79 Å². The van der Waals surface area contributed by atoms with E-state index < -0.39 is 12.1 Å². The second-order valence-corrected chi connectivity index (χ2v) is 7.08. The molecule has 0 aromatic heterocycles. The molecule has 1 unspecified atom stereocenters. The minimum Gasteiger partial charge on any atom is -0.481 e. The number of halogens is 2. The fraction of sp³-hybridized carbons (Fsp3) is 0.529. The normalized spacial score (nSPS) is 21.4. The van der Waals surface area contributed by atoms with E-state index in [-0.39, 0.29) is 18.0 Å². The van der Waals surface area contributed by atoms with Gasteiger partial charge < -0.3 is 20.8 Å². The number of aliphatic carboxylic acids is 1. The zero-order valence-corrected chi connectivity index (χ0v) is 15.2. The molecule has 1 saturated carbocycles. The molecule has 0 heterocycles. The lowest BCUT2D eigenvalue weighted by Gasteiger charge is -2.26. The quantitative estimate of drug-likeness (QED) is 0.600. The van der Waals surface area contributed by atoms with Crippen LogP contribution in [-0.2, 0) is 4.79 Å². The van der Waals surface area contributed by atoms with Crippen LogP contribution in [-0.4, -0.2) is 34.8 Å². The van der Waals surface area contributed by atoms with E-state index in [0.717, 1.165) is 0 Å². The summed E-state index contributed by atoms with van der Waals surface area (Å²) in [6.45, 7) is 0.303. The van der Waals surface area contributed by atoms with E-state index in [2.05, 4.69) is 10.6 Å². The Morgan fingerprint density at radius 2 is 1.84 bits per heavy atom. The Morgan fingerprint density at radius 1 is 1.16 bits per heavy atom. The van der Waals surface area contributed by atoms with Crippen LogP contribution in [0.25, 0.3) is 0 Å². The molecule has 25 heavy (non-hydrogen) atoms. The molecule has 2 amide bonds. The summed E-state index contributed by atoms with van der Waals surface area (Å²) in [7, 11) is 0. The smallest absolute Gasteiger partial charge is 0.315 e. The number of aliphatic hydroxyl groups is 1. The van der Waals surface area contributed by atoms with Crippen LogP contribution in [0.2, 0.25) is 10.0 Å².